The van der Waals surface area contributed by atoms with Crippen LogP contribution in [0.4, 0.5) is 5.69 Å². The number of benzene rings is 2. The largest absolute Gasteiger partial charge is 0.476 e. The molecule has 0 saturated carbocycles. The molecule has 1 atom stereocenters. The highest BCUT2D eigenvalue weighted by Gasteiger charge is 2.37. The van der Waals surface area contributed by atoms with Crippen molar-refractivity contribution in [1.82, 2.24) is 5.32 Å². The quantitative estimate of drug-likeness (QED) is 0.749. The van der Waals surface area contributed by atoms with E-state index < -0.39 is 16.1 Å². The van der Waals surface area contributed by atoms with E-state index in [1.807, 2.05) is 6.92 Å². The first-order chi connectivity index (χ1) is 13.3. The summed E-state index contributed by atoms with van der Waals surface area (Å²) in [6, 6.07) is 12.6. The van der Waals surface area contributed by atoms with Crippen LogP contribution in [0.15, 0.2) is 53.4 Å². The maximum atomic E-state index is 13.3. The van der Waals surface area contributed by atoms with Gasteiger partial charge in [0.15, 0.2) is 11.9 Å². The van der Waals surface area contributed by atoms with Crippen LogP contribution in [0.2, 0.25) is 0 Å². The first kappa shape index (κ1) is 19.9. The zero-order chi connectivity index (χ0) is 20.3. The Kier molecular flexibility index (Phi) is 5.69. The third-order valence-electron chi connectivity index (χ3n) is 4.41. The fourth-order valence-electron chi connectivity index (χ4n) is 2.93. The molecule has 0 saturated heterocycles. The molecule has 1 aliphatic rings. The van der Waals surface area contributed by atoms with Gasteiger partial charge in [0.2, 0.25) is 0 Å². The van der Waals surface area contributed by atoms with Gasteiger partial charge in [-0.2, -0.15) is 0 Å². The number of rotatable bonds is 6. The van der Waals surface area contributed by atoms with Gasteiger partial charge in [0, 0.05) is 12.1 Å². The molecule has 1 aliphatic heterocycles. The summed E-state index contributed by atoms with van der Waals surface area (Å²) in [6.45, 7) is 3.63. The Bertz CT molecular complexity index is 1000. The standard InChI is InChI=1S/C20H22N2O5S/c1-3-11-21-20(24)19-13-22(17-9-4-5-10-18(17)27-19)28(25,26)16-8-6-7-15(12-16)14(2)23/h4-10,12,19H,3,11,13H2,1-2H3,(H,21,24)/t19-/m0/s1. The van der Waals surface area contributed by atoms with Gasteiger partial charge in [-0.25, -0.2) is 8.42 Å². The fourth-order valence-corrected chi connectivity index (χ4v) is 4.45. The van der Waals surface area contributed by atoms with Crippen molar-refractivity contribution < 1.29 is 22.7 Å². The predicted molar refractivity (Wildman–Crippen MR) is 105 cm³/mol. The van der Waals surface area contributed by atoms with Crippen molar-refractivity contribution in [3.05, 3.63) is 54.1 Å². The highest BCUT2D eigenvalue weighted by molar-refractivity contribution is 7.92. The van der Waals surface area contributed by atoms with E-state index in [0.29, 0.717) is 23.5 Å². The molecule has 0 unspecified atom stereocenters. The second kappa shape index (κ2) is 8.02. The lowest BCUT2D eigenvalue weighted by Crippen LogP contribution is -2.50. The van der Waals surface area contributed by atoms with Gasteiger partial charge in [0.1, 0.15) is 5.75 Å². The number of ether oxygens (including phenoxy) is 1. The summed E-state index contributed by atoms with van der Waals surface area (Å²) in [6.07, 6.45) is -0.207. The van der Waals surface area contributed by atoms with Crippen LogP contribution >= 0.6 is 0 Å². The number of Topliss-reactive ketones (excluding diaryl/α,β-unsaturated/α-hetero) is 1. The van der Waals surface area contributed by atoms with Gasteiger partial charge >= 0.3 is 0 Å². The summed E-state index contributed by atoms with van der Waals surface area (Å²) in [7, 11) is -4.00. The molecule has 2 aromatic rings. The monoisotopic (exact) mass is 402 g/mol. The van der Waals surface area contributed by atoms with E-state index in [2.05, 4.69) is 5.32 Å². The molecule has 8 heteroatoms. The van der Waals surface area contributed by atoms with E-state index in [1.165, 1.54) is 29.4 Å². The van der Waals surface area contributed by atoms with Crippen molar-refractivity contribution in [2.45, 2.75) is 31.3 Å². The zero-order valence-electron chi connectivity index (χ0n) is 15.7. The molecule has 0 fully saturated rings. The molecule has 1 amide bonds. The summed E-state index contributed by atoms with van der Waals surface area (Å²) >= 11 is 0. The molecule has 0 bridgehead atoms. The first-order valence-electron chi connectivity index (χ1n) is 9.01. The molecule has 1 heterocycles. The van der Waals surface area contributed by atoms with Gasteiger partial charge in [-0.15, -0.1) is 0 Å². The Morgan fingerprint density at radius 1 is 1.18 bits per heavy atom. The average Bonchev–Trinajstić information content (AvgIpc) is 2.71. The highest BCUT2D eigenvalue weighted by Crippen LogP contribution is 2.36. The van der Waals surface area contributed by atoms with E-state index in [4.69, 9.17) is 4.74 Å². The second-order valence-electron chi connectivity index (χ2n) is 6.49. The van der Waals surface area contributed by atoms with Gasteiger partial charge in [-0.1, -0.05) is 31.2 Å². The SMILES string of the molecule is CCCNC(=O)[C@@H]1CN(S(=O)(=O)c2cccc(C(C)=O)c2)c2ccccc2O1. The Labute approximate surface area is 164 Å². The van der Waals surface area contributed by atoms with Crippen molar-refractivity contribution in [1.29, 1.82) is 0 Å². The number of fused-ring (bicyclic) bond motifs is 1. The number of carbonyl (C=O) groups is 2. The van der Waals surface area contributed by atoms with Gasteiger partial charge in [0.25, 0.3) is 15.9 Å². The number of nitrogens with zero attached hydrogens (tertiary/aromatic N) is 1. The van der Waals surface area contributed by atoms with E-state index >= 15 is 0 Å². The molecule has 1 N–H and O–H groups in total. The van der Waals surface area contributed by atoms with E-state index in [9.17, 15) is 18.0 Å². The smallest absolute Gasteiger partial charge is 0.264 e. The van der Waals surface area contributed by atoms with Crippen LogP contribution in [-0.4, -0.2) is 39.3 Å². The molecule has 7 nitrogen and oxygen atoms in total. The number of ketones is 1. The van der Waals surface area contributed by atoms with Gasteiger partial charge in [-0.3, -0.25) is 13.9 Å². The Morgan fingerprint density at radius 3 is 2.64 bits per heavy atom. The normalized spacial score (nSPS) is 16.1. The summed E-state index contributed by atoms with van der Waals surface area (Å²) in [5, 5.41) is 2.74. The molecular weight excluding hydrogens is 380 g/mol. The molecule has 3 rings (SSSR count). The van der Waals surface area contributed by atoms with Gasteiger partial charge in [0.05, 0.1) is 17.1 Å². The third kappa shape index (κ3) is 3.87. The number of hydrogen-bond acceptors (Lipinski definition) is 5. The molecule has 0 radical (unpaired) electrons. The number of carbonyl (C=O) groups excluding carboxylic acids is 2. The number of sulfonamides is 1. The molecule has 0 spiro atoms. The Morgan fingerprint density at radius 2 is 1.93 bits per heavy atom. The lowest BCUT2D eigenvalue weighted by Gasteiger charge is -2.34. The Balaban J connectivity index is 2.02. The van der Waals surface area contributed by atoms with E-state index in [-0.39, 0.29) is 23.1 Å². The van der Waals surface area contributed by atoms with Crippen molar-refractivity contribution in [3.63, 3.8) is 0 Å². The summed E-state index contributed by atoms with van der Waals surface area (Å²) < 4.78 is 33.6. The first-order valence-corrected chi connectivity index (χ1v) is 10.5. The molecule has 0 aromatic heterocycles. The van der Waals surface area contributed by atoms with Crippen LogP contribution in [0, 0.1) is 0 Å². The minimum Gasteiger partial charge on any atom is -0.476 e. The van der Waals surface area contributed by atoms with Gasteiger partial charge < -0.3 is 10.1 Å². The number of hydrogen-bond donors (Lipinski definition) is 1. The number of para-hydroxylation sites is 2. The minimum atomic E-state index is -4.00. The average molecular weight is 402 g/mol. The molecule has 2 aromatic carbocycles. The van der Waals surface area contributed by atoms with E-state index in [0.717, 1.165) is 6.42 Å². The van der Waals surface area contributed by atoms with Crippen LogP contribution in [0.5, 0.6) is 5.75 Å². The van der Waals surface area contributed by atoms with Crippen LogP contribution in [0.3, 0.4) is 0 Å². The molecular formula is C20H22N2O5S. The van der Waals surface area contributed by atoms with Crippen molar-refractivity contribution >= 4 is 27.4 Å². The number of nitrogens with one attached hydrogen (secondary N) is 1. The third-order valence-corrected chi connectivity index (χ3v) is 6.18. The Hall–Kier alpha value is -2.87. The van der Waals surface area contributed by atoms with Gasteiger partial charge in [-0.05, 0) is 37.6 Å². The van der Waals surface area contributed by atoms with Crippen molar-refractivity contribution in [2.75, 3.05) is 17.4 Å². The lowest BCUT2D eigenvalue weighted by molar-refractivity contribution is -0.127. The zero-order valence-corrected chi connectivity index (χ0v) is 16.5. The number of amides is 1. The van der Waals surface area contributed by atoms with Crippen LogP contribution in [0.1, 0.15) is 30.6 Å². The lowest BCUT2D eigenvalue weighted by atomic mass is 10.2. The summed E-state index contributed by atoms with van der Waals surface area (Å²) in [4.78, 5) is 24.1. The molecule has 148 valence electrons. The van der Waals surface area contributed by atoms with Crippen molar-refractivity contribution in [2.24, 2.45) is 0 Å². The summed E-state index contributed by atoms with van der Waals surface area (Å²) in [5.41, 5.74) is 0.662. The topological polar surface area (TPSA) is 92.8 Å². The highest BCUT2D eigenvalue weighted by atomic mass is 32.2. The van der Waals surface area contributed by atoms with Crippen LogP contribution in [-0.2, 0) is 14.8 Å². The second-order valence-corrected chi connectivity index (χ2v) is 8.35. The predicted octanol–water partition coefficient (Wildman–Crippen LogP) is 2.37. The van der Waals surface area contributed by atoms with Crippen LogP contribution in [0.25, 0.3) is 0 Å². The maximum absolute atomic E-state index is 13.3. The van der Waals surface area contributed by atoms with Crippen molar-refractivity contribution in [3.8, 4) is 5.75 Å². The molecule has 28 heavy (non-hydrogen) atoms. The maximum Gasteiger partial charge on any atom is 0.264 e. The number of anilines is 1. The fraction of sp³-hybridized carbons (Fsp3) is 0.300. The van der Waals surface area contributed by atoms with Crippen LogP contribution < -0.4 is 14.4 Å². The molecule has 0 aliphatic carbocycles. The minimum absolute atomic E-state index is 0.00961. The van der Waals surface area contributed by atoms with E-state index in [1.54, 1.807) is 30.3 Å². The summed E-state index contributed by atoms with van der Waals surface area (Å²) in [5.74, 6) is -0.276.